The van der Waals surface area contributed by atoms with Crippen molar-refractivity contribution in [1.82, 2.24) is 0 Å². The van der Waals surface area contributed by atoms with Crippen molar-refractivity contribution < 1.29 is 4.74 Å². The largest absolute Gasteiger partial charge is 0.384 e. The van der Waals surface area contributed by atoms with Crippen LogP contribution in [0.15, 0.2) is 29.2 Å². The molecule has 0 aliphatic carbocycles. The average Bonchev–Trinajstić information content (AvgIpc) is 2.38. The summed E-state index contributed by atoms with van der Waals surface area (Å²) < 4.78 is 5.35. The van der Waals surface area contributed by atoms with Gasteiger partial charge in [-0.2, -0.15) is 0 Å². The molecule has 1 aliphatic heterocycles. The van der Waals surface area contributed by atoms with Crippen LogP contribution in [-0.2, 0) is 4.74 Å². The lowest BCUT2D eigenvalue weighted by Gasteiger charge is -2.10. The lowest BCUT2D eigenvalue weighted by Crippen LogP contribution is -2.08. The molecule has 1 atom stereocenters. The predicted octanol–water partition coefficient (Wildman–Crippen LogP) is 2.57. The number of anilines is 1. The van der Waals surface area contributed by atoms with Gasteiger partial charge in [0.25, 0.3) is 0 Å². The molecule has 0 saturated carbocycles. The molecule has 3 heteroatoms. The van der Waals surface area contributed by atoms with E-state index in [2.05, 4.69) is 29.6 Å². The van der Waals surface area contributed by atoms with E-state index in [1.165, 1.54) is 10.6 Å². The lowest BCUT2D eigenvalue weighted by molar-refractivity contribution is 0.169. The fraction of sp³-hybridized carbons (Fsp3) is 0.400. The van der Waals surface area contributed by atoms with Gasteiger partial charge in [0.15, 0.2) is 0 Å². The number of ether oxygens (including phenoxy) is 1. The standard InChI is InChI=1S/C10H13NOS/c1-12-10-6-7-11-8-4-2-3-5-9(8)13-10/h2-5,10-11H,6-7H2,1H3. The second-order valence-electron chi connectivity index (χ2n) is 2.99. The van der Waals surface area contributed by atoms with Crippen LogP contribution in [0.1, 0.15) is 6.42 Å². The molecule has 0 saturated heterocycles. The third-order valence-corrected chi connectivity index (χ3v) is 3.40. The highest BCUT2D eigenvalue weighted by molar-refractivity contribution is 8.00. The molecule has 1 aliphatic rings. The van der Waals surface area contributed by atoms with Crippen LogP contribution in [0.5, 0.6) is 0 Å². The minimum atomic E-state index is 0.288. The summed E-state index contributed by atoms with van der Waals surface area (Å²) in [5.74, 6) is 0. The van der Waals surface area contributed by atoms with Crippen LogP contribution < -0.4 is 5.32 Å². The van der Waals surface area contributed by atoms with Gasteiger partial charge in [-0.25, -0.2) is 0 Å². The molecule has 0 aromatic heterocycles. The average molecular weight is 195 g/mol. The fourth-order valence-corrected chi connectivity index (χ4v) is 2.45. The van der Waals surface area contributed by atoms with Crippen LogP contribution in [0.3, 0.4) is 0 Å². The van der Waals surface area contributed by atoms with E-state index in [1.54, 1.807) is 18.9 Å². The van der Waals surface area contributed by atoms with Gasteiger partial charge in [-0.3, -0.25) is 0 Å². The Morgan fingerprint density at radius 3 is 3.15 bits per heavy atom. The van der Waals surface area contributed by atoms with Crippen LogP contribution in [-0.4, -0.2) is 19.1 Å². The Hall–Kier alpha value is -0.670. The summed E-state index contributed by atoms with van der Waals surface area (Å²) >= 11 is 1.79. The van der Waals surface area contributed by atoms with Crippen molar-refractivity contribution in [2.24, 2.45) is 0 Å². The van der Waals surface area contributed by atoms with E-state index >= 15 is 0 Å². The molecule has 1 heterocycles. The Morgan fingerprint density at radius 1 is 1.46 bits per heavy atom. The summed E-state index contributed by atoms with van der Waals surface area (Å²) in [5.41, 5.74) is 1.52. The molecule has 1 aromatic rings. The highest BCUT2D eigenvalue weighted by atomic mass is 32.2. The number of methoxy groups -OCH3 is 1. The molecule has 0 fully saturated rings. The zero-order chi connectivity index (χ0) is 9.10. The molecule has 0 radical (unpaired) electrons. The van der Waals surface area contributed by atoms with Gasteiger partial charge in [0, 0.05) is 30.7 Å². The number of rotatable bonds is 1. The van der Waals surface area contributed by atoms with Crippen molar-refractivity contribution >= 4 is 17.4 Å². The smallest absolute Gasteiger partial charge is 0.109 e. The van der Waals surface area contributed by atoms with Gasteiger partial charge >= 0.3 is 0 Å². The first-order chi connectivity index (χ1) is 6.40. The van der Waals surface area contributed by atoms with Crippen LogP contribution >= 0.6 is 11.8 Å². The summed E-state index contributed by atoms with van der Waals surface area (Å²) in [6, 6.07) is 8.36. The van der Waals surface area contributed by atoms with E-state index in [4.69, 9.17) is 4.74 Å². The molecule has 2 rings (SSSR count). The molecule has 70 valence electrons. The normalized spacial score (nSPS) is 21.5. The van der Waals surface area contributed by atoms with E-state index in [1.807, 2.05) is 0 Å². The van der Waals surface area contributed by atoms with Crippen molar-refractivity contribution in [3.05, 3.63) is 24.3 Å². The monoisotopic (exact) mass is 195 g/mol. The summed E-state index contributed by atoms with van der Waals surface area (Å²) in [6.07, 6.45) is 1.05. The van der Waals surface area contributed by atoms with Crippen LogP contribution in [0.4, 0.5) is 5.69 Å². The van der Waals surface area contributed by atoms with Gasteiger partial charge in [0.1, 0.15) is 5.44 Å². The molecular formula is C10H13NOS. The molecule has 1 unspecified atom stereocenters. The molecule has 0 spiro atoms. The number of para-hydroxylation sites is 1. The van der Waals surface area contributed by atoms with Crippen molar-refractivity contribution in [3.63, 3.8) is 0 Å². The van der Waals surface area contributed by atoms with Gasteiger partial charge in [0.2, 0.25) is 0 Å². The molecule has 13 heavy (non-hydrogen) atoms. The van der Waals surface area contributed by atoms with Gasteiger partial charge in [-0.05, 0) is 12.1 Å². The van der Waals surface area contributed by atoms with E-state index < -0.39 is 0 Å². The minimum absolute atomic E-state index is 0.288. The minimum Gasteiger partial charge on any atom is -0.384 e. The van der Waals surface area contributed by atoms with E-state index in [0.29, 0.717) is 0 Å². The SMILES string of the molecule is COC1CCNc2ccccc2S1. The van der Waals surface area contributed by atoms with Gasteiger partial charge < -0.3 is 10.1 Å². The zero-order valence-electron chi connectivity index (χ0n) is 7.62. The lowest BCUT2D eigenvalue weighted by atomic mass is 10.3. The molecule has 0 bridgehead atoms. The number of thioether (sulfide) groups is 1. The number of benzene rings is 1. The van der Waals surface area contributed by atoms with Crippen molar-refractivity contribution in [2.75, 3.05) is 19.0 Å². The third kappa shape index (κ3) is 1.98. The summed E-state index contributed by atoms with van der Waals surface area (Å²) in [5, 5.41) is 3.39. The van der Waals surface area contributed by atoms with Gasteiger partial charge in [0.05, 0.1) is 0 Å². The Morgan fingerprint density at radius 2 is 2.31 bits per heavy atom. The molecule has 1 N–H and O–H groups in total. The molecular weight excluding hydrogens is 182 g/mol. The van der Waals surface area contributed by atoms with E-state index in [-0.39, 0.29) is 5.44 Å². The van der Waals surface area contributed by atoms with Crippen LogP contribution in [0.25, 0.3) is 0 Å². The number of nitrogens with one attached hydrogen (secondary N) is 1. The Balaban J connectivity index is 2.23. The van der Waals surface area contributed by atoms with E-state index in [0.717, 1.165) is 13.0 Å². The summed E-state index contributed by atoms with van der Waals surface area (Å²) in [7, 11) is 1.77. The second kappa shape index (κ2) is 4.03. The van der Waals surface area contributed by atoms with Crippen LogP contribution in [0, 0.1) is 0 Å². The zero-order valence-corrected chi connectivity index (χ0v) is 8.43. The maximum atomic E-state index is 5.35. The van der Waals surface area contributed by atoms with Crippen LogP contribution in [0.2, 0.25) is 0 Å². The highest BCUT2D eigenvalue weighted by Crippen LogP contribution is 2.34. The molecule has 2 nitrogen and oxygen atoms in total. The molecule has 0 amide bonds. The number of fused-ring (bicyclic) bond motifs is 1. The highest BCUT2D eigenvalue weighted by Gasteiger charge is 2.15. The third-order valence-electron chi connectivity index (χ3n) is 2.10. The topological polar surface area (TPSA) is 21.3 Å². The Kier molecular flexibility index (Phi) is 2.76. The van der Waals surface area contributed by atoms with Gasteiger partial charge in [-0.15, -0.1) is 0 Å². The number of hydrogen-bond acceptors (Lipinski definition) is 3. The first-order valence-corrected chi connectivity index (χ1v) is 5.30. The second-order valence-corrected chi connectivity index (χ2v) is 4.20. The summed E-state index contributed by atoms with van der Waals surface area (Å²) in [6.45, 7) is 0.989. The quantitative estimate of drug-likeness (QED) is 0.744. The first kappa shape index (κ1) is 8.91. The fourth-order valence-electron chi connectivity index (χ4n) is 1.41. The predicted molar refractivity (Wildman–Crippen MR) is 56.2 cm³/mol. The Labute approximate surface area is 82.7 Å². The van der Waals surface area contributed by atoms with E-state index in [9.17, 15) is 0 Å². The first-order valence-electron chi connectivity index (χ1n) is 4.42. The number of hydrogen-bond donors (Lipinski definition) is 1. The van der Waals surface area contributed by atoms with Crippen molar-refractivity contribution in [3.8, 4) is 0 Å². The maximum absolute atomic E-state index is 5.35. The van der Waals surface area contributed by atoms with Crippen molar-refractivity contribution in [1.29, 1.82) is 0 Å². The maximum Gasteiger partial charge on any atom is 0.109 e. The Bertz CT molecular complexity index is 290. The summed E-state index contributed by atoms with van der Waals surface area (Å²) in [4.78, 5) is 1.28. The van der Waals surface area contributed by atoms with Crippen molar-refractivity contribution in [2.45, 2.75) is 16.8 Å². The molecule has 1 aromatic carbocycles. The van der Waals surface area contributed by atoms with Gasteiger partial charge in [-0.1, -0.05) is 23.9 Å².